The first kappa shape index (κ1) is 21.9. The van der Waals surface area contributed by atoms with Crippen molar-refractivity contribution in [2.24, 2.45) is 29.1 Å². The molecule has 6 unspecified atom stereocenters. The number of hydrogen-bond donors (Lipinski definition) is 0. The first-order valence-corrected chi connectivity index (χ1v) is 12.6. The number of allylic oxidation sites excluding steroid dienone is 4. The smallest absolute Gasteiger partial charge is 0.344 e. The molecule has 0 aliphatic heterocycles. The van der Waals surface area contributed by atoms with Crippen molar-refractivity contribution in [1.82, 2.24) is 0 Å². The number of rotatable bonds is 5. The van der Waals surface area contributed by atoms with Gasteiger partial charge in [-0.05, 0) is 106 Å². The second kappa shape index (κ2) is 8.79. The molecule has 0 aromatic carbocycles. The largest absolute Gasteiger partial charge is 0.479 e. The number of ether oxygens (including phenoxy) is 2. The van der Waals surface area contributed by atoms with E-state index in [-0.39, 0.29) is 35.7 Å². The van der Waals surface area contributed by atoms with Crippen LogP contribution in [-0.4, -0.2) is 24.5 Å². The van der Waals surface area contributed by atoms with E-state index in [1.807, 2.05) is 6.08 Å². The van der Waals surface area contributed by atoms with Gasteiger partial charge in [-0.1, -0.05) is 12.5 Å². The summed E-state index contributed by atoms with van der Waals surface area (Å²) >= 11 is 0. The second-order valence-electron chi connectivity index (χ2n) is 10.5. The number of hydrogen-bond acceptors (Lipinski definition) is 4. The van der Waals surface area contributed by atoms with E-state index in [0.29, 0.717) is 42.3 Å². The normalized spacial score (nSPS) is 38.5. The Morgan fingerprint density at radius 3 is 2.75 bits per heavy atom. The van der Waals surface area contributed by atoms with Crippen molar-refractivity contribution in [2.75, 3.05) is 6.61 Å². The first-order valence-electron chi connectivity index (χ1n) is 12.6. The summed E-state index contributed by atoms with van der Waals surface area (Å²) < 4.78 is 25.3. The van der Waals surface area contributed by atoms with Crippen LogP contribution in [0.1, 0.15) is 77.6 Å². The Hall–Kier alpha value is -1.91. The molecular formula is C27H35FO4. The summed E-state index contributed by atoms with van der Waals surface area (Å²) in [5, 5.41) is 0. The van der Waals surface area contributed by atoms with Crippen molar-refractivity contribution >= 4 is 11.8 Å². The van der Waals surface area contributed by atoms with Crippen LogP contribution in [0.5, 0.6) is 0 Å². The van der Waals surface area contributed by atoms with Gasteiger partial charge in [0.1, 0.15) is 6.10 Å². The molecule has 3 fully saturated rings. The highest BCUT2D eigenvalue weighted by Gasteiger charge is 2.58. The van der Waals surface area contributed by atoms with Crippen molar-refractivity contribution in [2.45, 2.75) is 83.7 Å². The molecule has 0 saturated heterocycles. The molecule has 5 heteroatoms. The average Bonchev–Trinajstić information content (AvgIpc) is 3.16. The minimum absolute atomic E-state index is 0.0534. The maximum absolute atomic E-state index is 13.8. The molecule has 0 aromatic rings. The highest BCUT2D eigenvalue weighted by atomic mass is 19.1. The second-order valence-corrected chi connectivity index (χ2v) is 10.5. The lowest BCUT2D eigenvalue weighted by atomic mass is 9.51. The van der Waals surface area contributed by atoms with Gasteiger partial charge in [-0.25, -0.2) is 9.18 Å². The number of fused-ring (bicyclic) bond motifs is 5. The van der Waals surface area contributed by atoms with E-state index in [1.54, 1.807) is 6.08 Å². The van der Waals surface area contributed by atoms with Crippen LogP contribution in [0, 0.1) is 29.1 Å². The van der Waals surface area contributed by atoms with E-state index >= 15 is 0 Å². The Morgan fingerprint density at radius 1 is 1.09 bits per heavy atom. The molecule has 0 aromatic heterocycles. The van der Waals surface area contributed by atoms with E-state index in [0.717, 1.165) is 51.4 Å². The summed E-state index contributed by atoms with van der Waals surface area (Å²) in [5.74, 6) is 2.23. The molecule has 0 spiro atoms. The van der Waals surface area contributed by atoms with E-state index in [1.165, 1.54) is 18.1 Å². The fourth-order valence-corrected chi connectivity index (χ4v) is 7.87. The molecule has 174 valence electrons. The van der Waals surface area contributed by atoms with Crippen LogP contribution in [0.2, 0.25) is 0 Å². The van der Waals surface area contributed by atoms with Gasteiger partial charge in [0.05, 0.1) is 0 Å². The molecule has 5 aliphatic carbocycles. The van der Waals surface area contributed by atoms with Gasteiger partial charge in [-0.2, -0.15) is 0 Å². The van der Waals surface area contributed by atoms with Crippen molar-refractivity contribution < 1.29 is 23.5 Å². The number of ketones is 1. The topological polar surface area (TPSA) is 52.6 Å². The van der Waals surface area contributed by atoms with Crippen LogP contribution in [0.3, 0.4) is 0 Å². The number of halogens is 1. The van der Waals surface area contributed by atoms with E-state index in [4.69, 9.17) is 9.47 Å². The summed E-state index contributed by atoms with van der Waals surface area (Å²) in [6, 6.07) is 0. The van der Waals surface area contributed by atoms with Crippen LogP contribution in [-0.2, 0) is 19.1 Å². The zero-order valence-corrected chi connectivity index (χ0v) is 19.1. The minimum atomic E-state index is -0.386. The zero-order valence-electron chi connectivity index (χ0n) is 19.1. The Balaban J connectivity index is 1.25. The number of esters is 1. The lowest BCUT2D eigenvalue weighted by molar-refractivity contribution is -0.164. The van der Waals surface area contributed by atoms with Crippen molar-refractivity contribution in [3.8, 4) is 0 Å². The van der Waals surface area contributed by atoms with Gasteiger partial charge >= 0.3 is 5.97 Å². The predicted octanol–water partition coefficient (Wildman–Crippen LogP) is 5.98. The molecule has 5 rings (SSSR count). The third-order valence-corrected chi connectivity index (χ3v) is 9.27. The molecule has 0 amide bonds. The Kier molecular flexibility index (Phi) is 6.02. The maximum atomic E-state index is 13.8. The van der Waals surface area contributed by atoms with E-state index < -0.39 is 0 Å². The Labute approximate surface area is 190 Å². The fourth-order valence-electron chi connectivity index (χ4n) is 7.87. The van der Waals surface area contributed by atoms with Gasteiger partial charge < -0.3 is 9.47 Å². The Bertz CT molecular complexity index is 871. The average molecular weight is 443 g/mol. The molecule has 6 atom stereocenters. The summed E-state index contributed by atoms with van der Waals surface area (Å²) in [6.45, 7) is 2.01. The quantitative estimate of drug-likeness (QED) is 0.492. The SMILES string of the molecule is CCC12CCC3C4CCC(=O)C=C4CCC3C1CCC2OC(=O)COC1=CCCC=C1F. The summed E-state index contributed by atoms with van der Waals surface area (Å²) in [4.78, 5) is 24.5. The van der Waals surface area contributed by atoms with Gasteiger partial charge in [0.25, 0.3) is 0 Å². The van der Waals surface area contributed by atoms with Gasteiger partial charge in [0.2, 0.25) is 0 Å². The molecule has 0 bridgehead atoms. The van der Waals surface area contributed by atoms with Crippen LogP contribution >= 0.6 is 0 Å². The van der Waals surface area contributed by atoms with Gasteiger partial charge in [0, 0.05) is 11.8 Å². The summed E-state index contributed by atoms with van der Waals surface area (Å²) in [5.41, 5.74) is 1.46. The van der Waals surface area contributed by atoms with Crippen LogP contribution in [0.4, 0.5) is 4.39 Å². The predicted molar refractivity (Wildman–Crippen MR) is 119 cm³/mol. The lowest BCUT2D eigenvalue weighted by Gasteiger charge is -2.54. The molecule has 32 heavy (non-hydrogen) atoms. The third kappa shape index (κ3) is 3.76. The van der Waals surface area contributed by atoms with E-state index in [9.17, 15) is 14.0 Å². The van der Waals surface area contributed by atoms with Crippen molar-refractivity contribution in [3.05, 3.63) is 35.4 Å². The highest BCUT2D eigenvalue weighted by Crippen LogP contribution is 2.63. The molecule has 0 radical (unpaired) electrons. The maximum Gasteiger partial charge on any atom is 0.344 e. The number of carbonyl (C=O) groups is 2. The summed E-state index contributed by atoms with van der Waals surface area (Å²) in [6.07, 6.45) is 15.7. The van der Waals surface area contributed by atoms with Crippen LogP contribution in [0.15, 0.2) is 35.4 Å². The molecular weight excluding hydrogens is 407 g/mol. The monoisotopic (exact) mass is 442 g/mol. The van der Waals surface area contributed by atoms with E-state index in [2.05, 4.69) is 6.92 Å². The van der Waals surface area contributed by atoms with Crippen LogP contribution < -0.4 is 0 Å². The first-order chi connectivity index (χ1) is 15.5. The van der Waals surface area contributed by atoms with Crippen LogP contribution in [0.25, 0.3) is 0 Å². The molecule has 0 heterocycles. The lowest BCUT2D eigenvalue weighted by Crippen LogP contribution is -2.49. The third-order valence-electron chi connectivity index (χ3n) is 9.27. The highest BCUT2D eigenvalue weighted by molar-refractivity contribution is 5.91. The van der Waals surface area contributed by atoms with Gasteiger partial charge in [0.15, 0.2) is 24.0 Å². The standard InChI is InChI=1S/C27H35FO4/c1-2-27-14-13-20-19-10-8-18(29)15-17(19)7-9-21(20)22(27)11-12-25(27)32-26(30)16-31-24-6-4-3-5-23(24)28/h5-6,15,19-22,25H,2-4,7-14,16H2,1H3. The van der Waals surface area contributed by atoms with Gasteiger partial charge in [-0.3, -0.25) is 4.79 Å². The Morgan fingerprint density at radius 2 is 1.94 bits per heavy atom. The molecule has 5 aliphatic rings. The zero-order chi connectivity index (χ0) is 22.3. The van der Waals surface area contributed by atoms with Crippen molar-refractivity contribution in [3.63, 3.8) is 0 Å². The summed E-state index contributed by atoms with van der Waals surface area (Å²) in [7, 11) is 0. The fraction of sp³-hybridized carbons (Fsp3) is 0.704. The molecule has 3 saturated carbocycles. The minimum Gasteiger partial charge on any atom is -0.479 e. The number of carbonyl (C=O) groups excluding carboxylic acids is 2. The molecule has 0 N–H and O–H groups in total. The van der Waals surface area contributed by atoms with Gasteiger partial charge in [-0.15, -0.1) is 0 Å². The van der Waals surface area contributed by atoms with Crippen molar-refractivity contribution in [1.29, 1.82) is 0 Å². The molecule has 4 nitrogen and oxygen atoms in total.